The molecule has 0 atom stereocenters. The van der Waals surface area contributed by atoms with Crippen LogP contribution >= 0.6 is 0 Å². The lowest BCUT2D eigenvalue weighted by molar-refractivity contribution is -0.116. The van der Waals surface area contributed by atoms with Crippen LogP contribution in [0.2, 0.25) is 0 Å². The normalized spacial score (nSPS) is 10.8. The van der Waals surface area contributed by atoms with Crippen molar-refractivity contribution in [2.24, 2.45) is 0 Å². The van der Waals surface area contributed by atoms with Crippen LogP contribution in [0.4, 0.5) is 5.69 Å². The molecule has 0 aromatic heterocycles. The quantitative estimate of drug-likeness (QED) is 0.587. The summed E-state index contributed by atoms with van der Waals surface area (Å²) in [6.07, 6.45) is 5.48. The first kappa shape index (κ1) is 17.8. The zero-order chi connectivity index (χ0) is 17.2. The number of anilines is 1. The van der Waals surface area contributed by atoms with Gasteiger partial charge in [-0.05, 0) is 43.5 Å². The molecule has 24 heavy (non-hydrogen) atoms. The first-order chi connectivity index (χ1) is 11.6. The van der Waals surface area contributed by atoms with Crippen LogP contribution in [0.3, 0.4) is 0 Å². The molecule has 0 heterocycles. The van der Waals surface area contributed by atoms with Gasteiger partial charge in [-0.15, -0.1) is 0 Å². The molecule has 3 nitrogen and oxygen atoms in total. The Bertz CT molecular complexity index is 665. The van der Waals surface area contributed by atoms with Gasteiger partial charge in [0.2, 0.25) is 5.91 Å². The summed E-state index contributed by atoms with van der Waals surface area (Å²) in [5.74, 6) is -0.0343. The molecule has 1 amide bonds. The number of nitrogens with one attached hydrogen (secondary N) is 1. The van der Waals surface area contributed by atoms with Crippen LogP contribution in [0, 0.1) is 6.92 Å². The standard InChI is InChI=1S/C21H26N2O/c1-18-9-8-10-19(17-18)13-14-21(24)22-15-6-7-16-23(2)20-11-4-3-5-12-20/h3-5,8-14,17H,6-7,15-16H2,1-2H3,(H,22,24). The Hall–Kier alpha value is -2.55. The molecule has 1 N–H and O–H groups in total. The molecule has 0 saturated heterocycles. The van der Waals surface area contributed by atoms with Crippen molar-refractivity contribution in [1.29, 1.82) is 0 Å². The summed E-state index contributed by atoms with van der Waals surface area (Å²) in [6, 6.07) is 18.4. The summed E-state index contributed by atoms with van der Waals surface area (Å²) in [5, 5.41) is 2.94. The Balaban J connectivity index is 1.62. The zero-order valence-corrected chi connectivity index (χ0v) is 14.5. The van der Waals surface area contributed by atoms with Gasteiger partial charge < -0.3 is 10.2 Å². The third-order valence-corrected chi connectivity index (χ3v) is 3.89. The van der Waals surface area contributed by atoms with E-state index >= 15 is 0 Å². The van der Waals surface area contributed by atoms with Crippen LogP contribution < -0.4 is 10.2 Å². The number of carbonyl (C=O) groups is 1. The fraction of sp³-hybridized carbons (Fsp3) is 0.286. The molecule has 0 fully saturated rings. The van der Waals surface area contributed by atoms with E-state index in [1.54, 1.807) is 6.08 Å². The summed E-state index contributed by atoms with van der Waals surface area (Å²) in [5.41, 5.74) is 3.47. The highest BCUT2D eigenvalue weighted by Crippen LogP contribution is 2.11. The van der Waals surface area contributed by atoms with Crippen LogP contribution in [0.1, 0.15) is 24.0 Å². The lowest BCUT2D eigenvalue weighted by Gasteiger charge is -2.18. The number of carbonyl (C=O) groups excluding carboxylic acids is 1. The number of unbranched alkanes of at least 4 members (excludes halogenated alkanes) is 1. The predicted octanol–water partition coefficient (Wildman–Crippen LogP) is 4.04. The first-order valence-corrected chi connectivity index (χ1v) is 8.44. The third kappa shape index (κ3) is 6.29. The van der Waals surface area contributed by atoms with Gasteiger partial charge in [0.1, 0.15) is 0 Å². The van der Waals surface area contributed by atoms with E-state index < -0.39 is 0 Å². The topological polar surface area (TPSA) is 32.3 Å². The molecule has 0 bridgehead atoms. The van der Waals surface area contributed by atoms with E-state index in [9.17, 15) is 4.79 Å². The van der Waals surface area contributed by atoms with E-state index in [1.807, 2.05) is 49.4 Å². The molecule has 0 aliphatic heterocycles. The van der Waals surface area contributed by atoms with Crippen molar-refractivity contribution in [2.45, 2.75) is 19.8 Å². The molecule has 0 aliphatic rings. The van der Waals surface area contributed by atoms with Gasteiger partial charge in [-0.3, -0.25) is 4.79 Å². The Morgan fingerprint density at radius 1 is 1.08 bits per heavy atom. The van der Waals surface area contributed by atoms with Gasteiger partial charge in [-0.25, -0.2) is 0 Å². The molecule has 2 aromatic carbocycles. The maximum Gasteiger partial charge on any atom is 0.243 e. The van der Waals surface area contributed by atoms with Crippen LogP contribution in [0.25, 0.3) is 6.08 Å². The van der Waals surface area contributed by atoms with E-state index in [-0.39, 0.29) is 5.91 Å². The molecule has 0 aliphatic carbocycles. The van der Waals surface area contributed by atoms with E-state index in [1.165, 1.54) is 11.3 Å². The van der Waals surface area contributed by atoms with Crippen LogP contribution in [0.5, 0.6) is 0 Å². The molecule has 126 valence electrons. The van der Waals surface area contributed by atoms with Gasteiger partial charge in [-0.2, -0.15) is 0 Å². The molecule has 0 saturated carbocycles. The van der Waals surface area contributed by atoms with E-state index in [0.29, 0.717) is 6.54 Å². The second-order valence-corrected chi connectivity index (χ2v) is 6.00. The maximum absolute atomic E-state index is 11.8. The number of para-hydroxylation sites is 1. The predicted molar refractivity (Wildman–Crippen MR) is 102 cm³/mol. The number of hydrogen-bond acceptors (Lipinski definition) is 2. The largest absolute Gasteiger partial charge is 0.375 e. The Morgan fingerprint density at radius 2 is 1.88 bits per heavy atom. The number of amides is 1. The van der Waals surface area contributed by atoms with Gasteiger partial charge in [0.15, 0.2) is 0 Å². The fourth-order valence-electron chi connectivity index (χ4n) is 2.50. The van der Waals surface area contributed by atoms with Crippen LogP contribution in [0.15, 0.2) is 60.7 Å². The number of hydrogen-bond donors (Lipinski definition) is 1. The summed E-state index contributed by atoms with van der Waals surface area (Å²) < 4.78 is 0. The van der Waals surface area contributed by atoms with Crippen molar-refractivity contribution in [1.82, 2.24) is 5.32 Å². The van der Waals surface area contributed by atoms with Crippen molar-refractivity contribution in [3.63, 3.8) is 0 Å². The van der Waals surface area contributed by atoms with Gasteiger partial charge in [0.25, 0.3) is 0 Å². The molecular formula is C21H26N2O. The SMILES string of the molecule is Cc1cccc(C=CC(=O)NCCCCN(C)c2ccccc2)c1. The Labute approximate surface area is 145 Å². The molecule has 2 aromatic rings. The smallest absolute Gasteiger partial charge is 0.243 e. The average molecular weight is 322 g/mol. The fourth-order valence-corrected chi connectivity index (χ4v) is 2.50. The second kappa shape index (κ2) is 9.56. The molecule has 2 rings (SSSR count). The third-order valence-electron chi connectivity index (χ3n) is 3.89. The second-order valence-electron chi connectivity index (χ2n) is 6.00. The highest BCUT2D eigenvalue weighted by atomic mass is 16.1. The van der Waals surface area contributed by atoms with Gasteiger partial charge in [-0.1, -0.05) is 48.0 Å². The summed E-state index contributed by atoms with van der Waals surface area (Å²) in [7, 11) is 2.10. The molecule has 0 unspecified atom stereocenters. The number of aryl methyl sites for hydroxylation is 1. The number of nitrogens with zero attached hydrogens (tertiary/aromatic N) is 1. The molecule has 0 spiro atoms. The monoisotopic (exact) mass is 322 g/mol. The first-order valence-electron chi connectivity index (χ1n) is 8.44. The zero-order valence-electron chi connectivity index (χ0n) is 14.5. The van der Waals surface area contributed by atoms with E-state index in [4.69, 9.17) is 0 Å². The lowest BCUT2D eigenvalue weighted by atomic mass is 10.1. The molecular weight excluding hydrogens is 296 g/mol. The van der Waals surface area contributed by atoms with Crippen molar-refractivity contribution < 1.29 is 4.79 Å². The molecule has 0 radical (unpaired) electrons. The van der Waals surface area contributed by atoms with Gasteiger partial charge >= 0.3 is 0 Å². The van der Waals surface area contributed by atoms with E-state index in [0.717, 1.165) is 24.9 Å². The number of rotatable bonds is 8. The minimum Gasteiger partial charge on any atom is -0.375 e. The molecule has 3 heteroatoms. The van der Waals surface area contributed by atoms with E-state index in [2.05, 4.69) is 35.5 Å². The highest BCUT2D eigenvalue weighted by molar-refractivity contribution is 5.91. The summed E-state index contributed by atoms with van der Waals surface area (Å²) in [6.45, 7) is 3.74. The van der Waals surface area contributed by atoms with Crippen LogP contribution in [-0.4, -0.2) is 26.0 Å². The lowest BCUT2D eigenvalue weighted by Crippen LogP contribution is -2.24. The average Bonchev–Trinajstić information content (AvgIpc) is 2.60. The van der Waals surface area contributed by atoms with Gasteiger partial charge in [0, 0.05) is 31.9 Å². The highest BCUT2D eigenvalue weighted by Gasteiger charge is 2.00. The van der Waals surface area contributed by atoms with Crippen molar-refractivity contribution in [3.8, 4) is 0 Å². The summed E-state index contributed by atoms with van der Waals surface area (Å²) in [4.78, 5) is 14.0. The van der Waals surface area contributed by atoms with Crippen molar-refractivity contribution >= 4 is 17.7 Å². The Morgan fingerprint density at radius 3 is 2.62 bits per heavy atom. The van der Waals surface area contributed by atoms with Crippen LogP contribution in [-0.2, 0) is 4.79 Å². The van der Waals surface area contributed by atoms with Crippen molar-refractivity contribution in [2.75, 3.05) is 25.0 Å². The minimum absolute atomic E-state index is 0.0343. The summed E-state index contributed by atoms with van der Waals surface area (Å²) >= 11 is 0. The van der Waals surface area contributed by atoms with Gasteiger partial charge in [0.05, 0.1) is 0 Å². The minimum atomic E-state index is -0.0343. The number of benzene rings is 2. The van der Waals surface area contributed by atoms with Crippen molar-refractivity contribution in [3.05, 3.63) is 71.8 Å². The maximum atomic E-state index is 11.8. The Kier molecular flexibility index (Phi) is 7.09.